The van der Waals surface area contributed by atoms with Crippen molar-refractivity contribution in [3.63, 3.8) is 0 Å². The van der Waals surface area contributed by atoms with Gasteiger partial charge >= 0.3 is 0 Å². The minimum Gasteiger partial charge on any atom is -0.327 e. The molecule has 5 aromatic rings. The maximum atomic E-state index is 3.27. The molecule has 0 amide bonds. The highest BCUT2D eigenvalue weighted by atomic mass is 15.0. The lowest BCUT2D eigenvalue weighted by Crippen LogP contribution is -2.00. The Bertz CT molecular complexity index is 1370. The van der Waals surface area contributed by atoms with Crippen LogP contribution in [0.4, 0.5) is 0 Å². The van der Waals surface area contributed by atoms with Crippen molar-refractivity contribution in [2.45, 2.75) is 26.9 Å². The van der Waals surface area contributed by atoms with E-state index in [1.54, 1.807) is 0 Å². The molecule has 0 bridgehead atoms. The van der Waals surface area contributed by atoms with E-state index >= 15 is 0 Å². The van der Waals surface area contributed by atoms with Crippen molar-refractivity contribution in [2.24, 2.45) is 0 Å². The van der Waals surface area contributed by atoms with Gasteiger partial charge in [0.15, 0.2) is 0 Å². The van der Waals surface area contributed by atoms with Crippen molar-refractivity contribution in [3.8, 4) is 23.7 Å². The number of hydrogen-bond acceptors (Lipinski definition) is 0. The zero-order valence-corrected chi connectivity index (χ0v) is 16.1. The van der Waals surface area contributed by atoms with Gasteiger partial charge in [0.05, 0.1) is 35.2 Å². The zero-order chi connectivity index (χ0) is 19.1. The number of benzene rings is 3. The first kappa shape index (κ1) is 16.5. The van der Waals surface area contributed by atoms with E-state index in [4.69, 9.17) is 0 Å². The van der Waals surface area contributed by atoms with Crippen LogP contribution < -0.4 is 0 Å². The van der Waals surface area contributed by atoms with Gasteiger partial charge in [-0.25, -0.2) is 0 Å². The molecule has 0 aliphatic heterocycles. The first-order valence-electron chi connectivity index (χ1n) is 9.55. The van der Waals surface area contributed by atoms with Crippen molar-refractivity contribution < 1.29 is 0 Å². The smallest absolute Gasteiger partial charge is 0.0844 e. The van der Waals surface area contributed by atoms with Gasteiger partial charge in [-0.3, -0.25) is 0 Å². The molecule has 2 nitrogen and oxygen atoms in total. The van der Waals surface area contributed by atoms with Crippen LogP contribution in [0, 0.1) is 23.7 Å². The third-order valence-electron chi connectivity index (χ3n) is 5.49. The quantitative estimate of drug-likeness (QED) is 0.344. The van der Waals surface area contributed by atoms with E-state index in [9.17, 15) is 0 Å². The average molecular weight is 360 g/mol. The largest absolute Gasteiger partial charge is 0.327 e. The fourth-order valence-corrected chi connectivity index (χ4v) is 4.32. The third-order valence-corrected chi connectivity index (χ3v) is 5.49. The summed E-state index contributed by atoms with van der Waals surface area (Å²) in [5.74, 6) is 12.7. The normalized spacial score (nSPS) is 10.9. The molecule has 0 radical (unpaired) electrons. The Hall–Kier alpha value is -3.62. The maximum absolute atomic E-state index is 3.27. The first-order chi connectivity index (χ1) is 13.8. The highest BCUT2D eigenvalue weighted by Gasteiger charge is 2.18. The summed E-state index contributed by atoms with van der Waals surface area (Å²) < 4.78 is 4.72. The minimum atomic E-state index is 0.681. The molecule has 0 fully saturated rings. The lowest BCUT2D eigenvalue weighted by molar-refractivity contribution is 0.899. The number of fused-ring (bicyclic) bond motifs is 7. The molecule has 0 unspecified atom stereocenters. The second-order valence-corrected chi connectivity index (χ2v) is 6.92. The number of nitrogens with zero attached hydrogens (tertiary/aromatic N) is 2. The summed E-state index contributed by atoms with van der Waals surface area (Å²) in [7, 11) is 0. The van der Waals surface area contributed by atoms with Crippen LogP contribution in [0.3, 0.4) is 0 Å². The van der Waals surface area contributed by atoms with E-state index in [0.29, 0.717) is 13.1 Å². The molecule has 0 spiro atoms. The summed E-state index contributed by atoms with van der Waals surface area (Å²) in [5, 5.41) is 5.09. The first-order valence-corrected chi connectivity index (χ1v) is 9.55. The molecule has 0 aliphatic rings. The van der Waals surface area contributed by atoms with Crippen molar-refractivity contribution in [2.75, 3.05) is 0 Å². The summed E-state index contributed by atoms with van der Waals surface area (Å²) in [5.41, 5.74) is 4.95. The molecule has 3 aromatic carbocycles. The van der Waals surface area contributed by atoms with Crippen LogP contribution in [0.15, 0.2) is 60.7 Å². The molecule has 134 valence electrons. The topological polar surface area (TPSA) is 9.86 Å². The molecule has 0 aliphatic carbocycles. The van der Waals surface area contributed by atoms with E-state index in [1.165, 1.54) is 43.6 Å². The molecular weight excluding hydrogens is 340 g/mol. The second-order valence-electron chi connectivity index (χ2n) is 6.92. The zero-order valence-electron chi connectivity index (χ0n) is 16.1. The Labute approximate surface area is 164 Å². The van der Waals surface area contributed by atoms with Crippen molar-refractivity contribution in [1.82, 2.24) is 9.13 Å². The summed E-state index contributed by atoms with van der Waals surface area (Å²) in [6, 6.07) is 21.8. The summed E-state index contributed by atoms with van der Waals surface area (Å²) in [6.07, 6.45) is 0. The summed E-state index contributed by atoms with van der Waals surface area (Å²) >= 11 is 0. The Morgan fingerprint density at radius 2 is 1.00 bits per heavy atom. The highest BCUT2D eigenvalue weighted by molar-refractivity contribution is 6.22. The van der Waals surface area contributed by atoms with Crippen molar-refractivity contribution in [3.05, 3.63) is 60.7 Å². The predicted molar refractivity (Wildman–Crippen MR) is 119 cm³/mol. The van der Waals surface area contributed by atoms with E-state index < -0.39 is 0 Å². The van der Waals surface area contributed by atoms with Crippen LogP contribution in [0.2, 0.25) is 0 Å². The van der Waals surface area contributed by atoms with Crippen molar-refractivity contribution in [1.29, 1.82) is 0 Å². The van der Waals surface area contributed by atoms with Gasteiger partial charge in [-0.05, 0) is 26.0 Å². The predicted octanol–water partition coefficient (Wildman–Crippen LogP) is 5.95. The van der Waals surface area contributed by atoms with Crippen LogP contribution >= 0.6 is 0 Å². The van der Waals surface area contributed by atoms with Gasteiger partial charge in [-0.15, -0.1) is 11.8 Å². The van der Waals surface area contributed by atoms with Crippen LogP contribution in [-0.4, -0.2) is 9.13 Å². The maximum Gasteiger partial charge on any atom is 0.0844 e. The number of hydrogen-bond donors (Lipinski definition) is 0. The lowest BCUT2D eigenvalue weighted by atomic mass is 10.1. The Morgan fingerprint density at radius 3 is 1.43 bits per heavy atom. The molecule has 2 heterocycles. The monoisotopic (exact) mass is 360 g/mol. The van der Waals surface area contributed by atoms with Gasteiger partial charge in [0, 0.05) is 21.5 Å². The molecular formula is C26H20N2. The highest BCUT2D eigenvalue weighted by Crippen LogP contribution is 2.38. The van der Waals surface area contributed by atoms with E-state index in [1.807, 2.05) is 13.8 Å². The second kappa shape index (κ2) is 6.52. The molecule has 0 saturated heterocycles. The molecule has 5 rings (SSSR count). The number of aromatic nitrogens is 2. The standard InChI is InChI=1S/C26H20N2/c1-3-5-17-27-23-13-9-7-11-19(23)21-15-16-22-20-12-8-10-14-24(20)28(18-6-4-2)26(22)25(21)27/h7-16H,17-18H2,1-2H3. The summed E-state index contributed by atoms with van der Waals surface area (Å²) in [4.78, 5) is 0. The molecule has 0 atom stereocenters. The van der Waals surface area contributed by atoms with Gasteiger partial charge < -0.3 is 9.13 Å². The van der Waals surface area contributed by atoms with Crippen LogP contribution in [0.25, 0.3) is 43.6 Å². The van der Waals surface area contributed by atoms with E-state index in [2.05, 4.69) is 93.5 Å². The Balaban J connectivity index is 2.06. The van der Waals surface area contributed by atoms with Gasteiger partial charge in [0.25, 0.3) is 0 Å². The van der Waals surface area contributed by atoms with Crippen LogP contribution in [0.5, 0.6) is 0 Å². The average Bonchev–Trinajstić information content (AvgIpc) is 3.23. The fraction of sp³-hybridized carbons (Fsp3) is 0.154. The lowest BCUT2D eigenvalue weighted by Gasteiger charge is -2.08. The summed E-state index contributed by atoms with van der Waals surface area (Å²) in [6.45, 7) is 5.16. The fourth-order valence-electron chi connectivity index (χ4n) is 4.32. The van der Waals surface area contributed by atoms with Gasteiger partial charge in [-0.1, -0.05) is 60.4 Å². The Morgan fingerprint density at radius 1 is 0.571 bits per heavy atom. The van der Waals surface area contributed by atoms with Crippen LogP contribution in [0.1, 0.15) is 13.8 Å². The van der Waals surface area contributed by atoms with E-state index in [-0.39, 0.29) is 0 Å². The van der Waals surface area contributed by atoms with Crippen LogP contribution in [-0.2, 0) is 13.1 Å². The molecule has 0 N–H and O–H groups in total. The SMILES string of the molecule is CC#CCn1c2ccccc2c2ccc3c4ccccc4n(CC#CC)c3c21. The third kappa shape index (κ3) is 2.25. The van der Waals surface area contributed by atoms with Gasteiger partial charge in [0.1, 0.15) is 0 Å². The minimum absolute atomic E-state index is 0.681. The Kier molecular flexibility index (Phi) is 3.85. The molecule has 2 heteroatoms. The van der Waals surface area contributed by atoms with Gasteiger partial charge in [-0.2, -0.15) is 0 Å². The van der Waals surface area contributed by atoms with Crippen molar-refractivity contribution >= 4 is 43.6 Å². The molecule has 0 saturated carbocycles. The molecule has 28 heavy (non-hydrogen) atoms. The number of para-hydroxylation sites is 2. The number of rotatable bonds is 2. The van der Waals surface area contributed by atoms with E-state index in [0.717, 1.165) is 0 Å². The molecule has 2 aromatic heterocycles. The van der Waals surface area contributed by atoms with Gasteiger partial charge in [0.2, 0.25) is 0 Å².